The minimum atomic E-state index is -4.61. The van der Waals surface area contributed by atoms with Crippen LogP contribution in [0.1, 0.15) is 49.7 Å². The van der Waals surface area contributed by atoms with Crippen molar-refractivity contribution in [2.75, 3.05) is 0 Å². The second-order valence-corrected chi connectivity index (χ2v) is 8.57. The first-order chi connectivity index (χ1) is 15.3. The van der Waals surface area contributed by atoms with Crippen molar-refractivity contribution in [1.82, 2.24) is 30.4 Å². The van der Waals surface area contributed by atoms with E-state index in [-0.39, 0.29) is 11.5 Å². The molecule has 168 valence electrons. The second kappa shape index (κ2) is 9.23. The number of halogens is 3. The summed E-state index contributed by atoms with van der Waals surface area (Å²) in [5.41, 5.74) is 4.36. The lowest BCUT2D eigenvalue weighted by Crippen LogP contribution is -2.07. The van der Waals surface area contributed by atoms with Crippen LogP contribution in [0.5, 0.6) is 0 Å². The van der Waals surface area contributed by atoms with Crippen LogP contribution in [-0.4, -0.2) is 30.4 Å². The van der Waals surface area contributed by atoms with E-state index in [9.17, 15) is 13.2 Å². The average molecular weight is 461 g/mol. The third kappa shape index (κ3) is 4.90. The van der Waals surface area contributed by atoms with Crippen LogP contribution in [0.4, 0.5) is 13.2 Å². The minimum absolute atomic E-state index is 0.103. The summed E-state index contributed by atoms with van der Waals surface area (Å²) in [6, 6.07) is 7.61. The molecule has 4 heterocycles. The van der Waals surface area contributed by atoms with Crippen LogP contribution in [0.15, 0.2) is 29.6 Å². The molecule has 32 heavy (non-hydrogen) atoms. The Kier molecular flexibility index (Phi) is 6.40. The molecule has 4 rings (SSSR count). The molecule has 0 atom stereocenters. The Balaban J connectivity index is 1.76. The van der Waals surface area contributed by atoms with E-state index in [1.807, 2.05) is 29.5 Å². The Morgan fingerprint density at radius 1 is 0.938 bits per heavy atom. The number of rotatable bonds is 8. The molecule has 6 nitrogen and oxygen atoms in total. The lowest BCUT2D eigenvalue weighted by molar-refractivity contribution is -0.144. The van der Waals surface area contributed by atoms with E-state index in [0.29, 0.717) is 11.4 Å². The molecule has 2 N–H and O–H groups in total. The summed E-state index contributed by atoms with van der Waals surface area (Å²) in [5, 5.41) is 14.9. The zero-order valence-corrected chi connectivity index (χ0v) is 18.6. The third-order valence-corrected chi connectivity index (χ3v) is 6.09. The maximum atomic E-state index is 13.0. The Hall–Kier alpha value is -3.01. The average Bonchev–Trinajstić information content (AvgIpc) is 3.50. The topological polar surface area (TPSA) is 83.1 Å². The highest BCUT2D eigenvalue weighted by Gasteiger charge is 2.35. The van der Waals surface area contributed by atoms with Crippen LogP contribution < -0.4 is 0 Å². The van der Waals surface area contributed by atoms with Gasteiger partial charge in [0.25, 0.3) is 0 Å². The molecule has 4 aromatic rings. The fraction of sp³-hybridized carbons (Fsp3) is 0.364. The van der Waals surface area contributed by atoms with Gasteiger partial charge in [0.1, 0.15) is 11.4 Å². The summed E-state index contributed by atoms with van der Waals surface area (Å²) in [4.78, 5) is 9.22. The maximum Gasteiger partial charge on any atom is 0.451 e. The van der Waals surface area contributed by atoms with Crippen molar-refractivity contribution in [2.45, 2.75) is 52.1 Å². The highest BCUT2D eigenvalue weighted by atomic mass is 32.1. The first kappa shape index (κ1) is 22.2. The molecule has 0 aliphatic carbocycles. The number of hydrogen-bond acceptors (Lipinski definition) is 5. The molecule has 0 saturated carbocycles. The van der Waals surface area contributed by atoms with Gasteiger partial charge in [-0.15, -0.1) is 11.3 Å². The largest absolute Gasteiger partial charge is 0.451 e. The zero-order chi connectivity index (χ0) is 22.7. The van der Waals surface area contributed by atoms with Crippen LogP contribution >= 0.6 is 11.3 Å². The van der Waals surface area contributed by atoms with Crippen LogP contribution in [0, 0.1) is 6.92 Å². The molecular formula is C22H23F3N6S. The number of alkyl halides is 3. The monoisotopic (exact) mass is 460 g/mol. The van der Waals surface area contributed by atoms with Crippen molar-refractivity contribution in [3.05, 3.63) is 46.7 Å². The molecule has 0 fully saturated rings. The Morgan fingerprint density at radius 3 is 2.44 bits per heavy atom. The number of H-pyrrole nitrogens is 2. The van der Waals surface area contributed by atoms with E-state index in [1.54, 1.807) is 17.4 Å². The number of thiophene rings is 1. The van der Waals surface area contributed by atoms with Crippen LogP contribution in [0.25, 0.3) is 33.3 Å². The maximum absolute atomic E-state index is 13.0. The molecular weight excluding hydrogens is 437 g/mol. The SMILES string of the molecule is CCCCCCc1ccsc1-c1cc(-c2cc(C)[nH]n2)nc(-c2n[nH]c(C(F)(F)F)n2)c1. The van der Waals surface area contributed by atoms with Gasteiger partial charge in [0.2, 0.25) is 5.82 Å². The van der Waals surface area contributed by atoms with Gasteiger partial charge in [0.15, 0.2) is 5.82 Å². The van der Waals surface area contributed by atoms with Gasteiger partial charge >= 0.3 is 6.18 Å². The van der Waals surface area contributed by atoms with Crippen molar-refractivity contribution in [3.63, 3.8) is 0 Å². The molecule has 0 amide bonds. The van der Waals surface area contributed by atoms with Gasteiger partial charge in [-0.1, -0.05) is 26.2 Å². The summed E-state index contributed by atoms with van der Waals surface area (Å²) in [5.74, 6) is -1.25. The molecule has 0 bridgehead atoms. The lowest BCUT2D eigenvalue weighted by Gasteiger charge is -2.08. The molecule has 0 saturated heterocycles. The number of aryl methyl sites for hydroxylation is 2. The predicted molar refractivity (Wildman–Crippen MR) is 118 cm³/mol. The molecule has 0 aliphatic heterocycles. The van der Waals surface area contributed by atoms with E-state index in [2.05, 4.69) is 38.3 Å². The highest BCUT2D eigenvalue weighted by Crippen LogP contribution is 2.35. The molecule has 0 spiro atoms. The van der Waals surface area contributed by atoms with Crippen LogP contribution in [-0.2, 0) is 12.6 Å². The Morgan fingerprint density at radius 2 is 1.75 bits per heavy atom. The fourth-order valence-corrected chi connectivity index (χ4v) is 4.43. The molecule has 4 aromatic heterocycles. The van der Waals surface area contributed by atoms with Crippen LogP contribution in [0.3, 0.4) is 0 Å². The van der Waals surface area contributed by atoms with Crippen molar-refractivity contribution in [3.8, 4) is 33.3 Å². The number of unbranched alkanes of at least 4 members (excludes halogenated alkanes) is 3. The van der Waals surface area contributed by atoms with Gasteiger partial charge in [-0.2, -0.15) is 23.4 Å². The van der Waals surface area contributed by atoms with E-state index in [4.69, 9.17) is 0 Å². The number of pyridine rings is 1. The second-order valence-electron chi connectivity index (χ2n) is 7.65. The standard InChI is InChI=1S/C22H23F3N6S/c1-3-4-5-6-7-14-8-9-32-19(14)15-11-16(17-10-13(2)28-29-17)26-18(12-15)20-27-21(31-30-20)22(23,24)25/h8-12H,3-7H2,1-2H3,(H,28,29)(H,27,30,31). The smallest absolute Gasteiger partial charge is 0.282 e. The van der Waals surface area contributed by atoms with Crippen molar-refractivity contribution >= 4 is 11.3 Å². The predicted octanol–water partition coefficient (Wildman–Crippen LogP) is 6.44. The number of aromatic nitrogens is 6. The molecule has 0 unspecified atom stereocenters. The molecule has 0 radical (unpaired) electrons. The summed E-state index contributed by atoms with van der Waals surface area (Å²) in [7, 11) is 0. The number of nitrogens with one attached hydrogen (secondary N) is 2. The summed E-state index contributed by atoms with van der Waals surface area (Å²) in [6.45, 7) is 4.06. The fourth-order valence-electron chi connectivity index (χ4n) is 3.49. The lowest BCUT2D eigenvalue weighted by atomic mass is 10.0. The number of aromatic amines is 2. The molecule has 0 aliphatic rings. The number of hydrogen-bond donors (Lipinski definition) is 2. The van der Waals surface area contributed by atoms with E-state index in [0.717, 1.165) is 29.0 Å². The van der Waals surface area contributed by atoms with Crippen LogP contribution in [0.2, 0.25) is 0 Å². The molecule has 0 aromatic carbocycles. The van der Waals surface area contributed by atoms with Gasteiger partial charge in [-0.25, -0.2) is 9.97 Å². The normalized spacial score (nSPS) is 11.9. The summed E-state index contributed by atoms with van der Waals surface area (Å²) >= 11 is 1.60. The van der Waals surface area contributed by atoms with Gasteiger partial charge in [0, 0.05) is 10.6 Å². The third-order valence-electron chi connectivity index (χ3n) is 5.09. The van der Waals surface area contributed by atoms with E-state index < -0.39 is 12.0 Å². The zero-order valence-electron chi connectivity index (χ0n) is 17.8. The van der Waals surface area contributed by atoms with Gasteiger partial charge in [0.05, 0.1) is 5.69 Å². The minimum Gasteiger partial charge on any atom is -0.282 e. The molecule has 10 heteroatoms. The van der Waals surface area contributed by atoms with E-state index >= 15 is 0 Å². The van der Waals surface area contributed by atoms with Gasteiger partial charge < -0.3 is 0 Å². The first-order valence-corrected chi connectivity index (χ1v) is 11.3. The van der Waals surface area contributed by atoms with E-state index in [1.165, 1.54) is 24.8 Å². The Labute approximate surface area is 187 Å². The van der Waals surface area contributed by atoms with Gasteiger partial charge in [-0.3, -0.25) is 10.2 Å². The number of nitrogens with zero attached hydrogens (tertiary/aromatic N) is 4. The Bertz CT molecular complexity index is 1190. The van der Waals surface area contributed by atoms with Crippen molar-refractivity contribution in [1.29, 1.82) is 0 Å². The quantitative estimate of drug-likeness (QED) is 0.297. The summed E-state index contributed by atoms with van der Waals surface area (Å²) < 4.78 is 39.1. The van der Waals surface area contributed by atoms with Crippen molar-refractivity contribution in [2.24, 2.45) is 0 Å². The summed E-state index contributed by atoms with van der Waals surface area (Å²) in [6.07, 6.45) is 0.983. The van der Waals surface area contributed by atoms with Gasteiger partial charge in [-0.05, 0) is 60.5 Å². The highest BCUT2D eigenvalue weighted by molar-refractivity contribution is 7.13. The van der Waals surface area contributed by atoms with Crippen molar-refractivity contribution < 1.29 is 13.2 Å². The first-order valence-electron chi connectivity index (χ1n) is 10.5.